The summed E-state index contributed by atoms with van der Waals surface area (Å²) in [4.78, 5) is 14.2. The highest BCUT2D eigenvalue weighted by atomic mass is 19.1. The average Bonchev–Trinajstić information content (AvgIpc) is 3.18. The predicted molar refractivity (Wildman–Crippen MR) is 84.7 cm³/mol. The standard InChI is InChI=1S/C17H23FN2O2/c18-13-10-14(12-15(11-13)20-7-1-2-8-20)19-17(21)6-5-16-4-3-9-22-16/h10-12,16H,1-9H2,(H,19,21)/t16-/m1/s1. The molecule has 120 valence electrons. The van der Waals surface area contributed by atoms with Gasteiger partial charge in [-0.2, -0.15) is 0 Å². The molecule has 0 spiro atoms. The second-order valence-electron chi connectivity index (χ2n) is 6.11. The minimum atomic E-state index is -0.307. The van der Waals surface area contributed by atoms with Crippen molar-refractivity contribution in [2.75, 3.05) is 29.9 Å². The third-order valence-corrected chi connectivity index (χ3v) is 4.35. The molecule has 0 radical (unpaired) electrons. The number of carbonyl (C=O) groups excluding carboxylic acids is 1. The van der Waals surface area contributed by atoms with Gasteiger partial charge in [-0.3, -0.25) is 4.79 Å². The van der Waals surface area contributed by atoms with E-state index in [4.69, 9.17) is 4.74 Å². The minimum absolute atomic E-state index is 0.0755. The lowest BCUT2D eigenvalue weighted by Gasteiger charge is -2.19. The molecule has 0 aliphatic carbocycles. The molecule has 1 aromatic carbocycles. The molecule has 0 unspecified atom stereocenters. The largest absolute Gasteiger partial charge is 0.378 e. The first kappa shape index (κ1) is 15.3. The maximum absolute atomic E-state index is 13.8. The lowest BCUT2D eigenvalue weighted by molar-refractivity contribution is -0.116. The van der Waals surface area contributed by atoms with Gasteiger partial charge in [0.2, 0.25) is 5.91 Å². The summed E-state index contributed by atoms with van der Waals surface area (Å²) in [6, 6.07) is 4.77. The highest BCUT2D eigenvalue weighted by Crippen LogP contribution is 2.25. The number of rotatable bonds is 5. The van der Waals surface area contributed by atoms with Gasteiger partial charge in [0.25, 0.3) is 0 Å². The number of benzene rings is 1. The fraction of sp³-hybridized carbons (Fsp3) is 0.588. The molecule has 2 aliphatic heterocycles. The third-order valence-electron chi connectivity index (χ3n) is 4.35. The van der Waals surface area contributed by atoms with Crippen LogP contribution >= 0.6 is 0 Å². The molecule has 22 heavy (non-hydrogen) atoms. The molecule has 2 aliphatic rings. The van der Waals surface area contributed by atoms with E-state index in [-0.39, 0.29) is 17.8 Å². The minimum Gasteiger partial charge on any atom is -0.378 e. The lowest BCUT2D eigenvalue weighted by atomic mass is 10.1. The average molecular weight is 306 g/mol. The zero-order valence-corrected chi connectivity index (χ0v) is 12.8. The highest BCUT2D eigenvalue weighted by molar-refractivity contribution is 5.91. The molecule has 2 saturated heterocycles. The number of hydrogen-bond acceptors (Lipinski definition) is 3. The van der Waals surface area contributed by atoms with Gasteiger partial charge in [0.15, 0.2) is 0 Å². The Bertz CT molecular complexity index is 523. The number of ether oxygens (including phenoxy) is 1. The summed E-state index contributed by atoms with van der Waals surface area (Å²) in [5.74, 6) is -0.382. The molecule has 1 N–H and O–H groups in total. The summed E-state index contributed by atoms with van der Waals surface area (Å²) in [5, 5.41) is 2.81. The fourth-order valence-electron chi connectivity index (χ4n) is 3.19. The van der Waals surface area contributed by atoms with Crippen LogP contribution < -0.4 is 10.2 Å². The summed E-state index contributed by atoms with van der Waals surface area (Å²) < 4.78 is 19.3. The fourth-order valence-corrected chi connectivity index (χ4v) is 3.19. The number of hydrogen-bond donors (Lipinski definition) is 1. The van der Waals surface area contributed by atoms with E-state index in [1.807, 2.05) is 6.07 Å². The van der Waals surface area contributed by atoms with Crippen LogP contribution in [0.25, 0.3) is 0 Å². The number of nitrogens with zero attached hydrogens (tertiary/aromatic N) is 1. The molecular formula is C17H23FN2O2. The van der Waals surface area contributed by atoms with Crippen LogP contribution in [0.3, 0.4) is 0 Å². The van der Waals surface area contributed by atoms with Crippen LogP contribution in [0, 0.1) is 5.82 Å². The summed E-state index contributed by atoms with van der Waals surface area (Å²) >= 11 is 0. The maximum atomic E-state index is 13.8. The van der Waals surface area contributed by atoms with Gasteiger partial charge in [-0.15, -0.1) is 0 Å². The summed E-state index contributed by atoms with van der Waals surface area (Å²) in [7, 11) is 0. The van der Waals surface area contributed by atoms with E-state index in [1.165, 1.54) is 12.1 Å². The van der Waals surface area contributed by atoms with Crippen LogP contribution in [0.5, 0.6) is 0 Å². The Kier molecular flexibility index (Phi) is 4.93. The van der Waals surface area contributed by atoms with Crippen LogP contribution in [0.2, 0.25) is 0 Å². The topological polar surface area (TPSA) is 41.6 Å². The predicted octanol–water partition coefficient (Wildman–Crippen LogP) is 3.32. The summed E-state index contributed by atoms with van der Waals surface area (Å²) in [6.07, 6.45) is 5.75. The molecule has 5 heteroatoms. The Morgan fingerprint density at radius 3 is 2.82 bits per heavy atom. The number of halogens is 1. The van der Waals surface area contributed by atoms with Crippen LogP contribution in [-0.2, 0) is 9.53 Å². The van der Waals surface area contributed by atoms with Crippen molar-refractivity contribution in [3.05, 3.63) is 24.0 Å². The molecule has 1 aromatic rings. The maximum Gasteiger partial charge on any atom is 0.224 e. The number of nitrogens with one attached hydrogen (secondary N) is 1. The number of carbonyl (C=O) groups is 1. The Hall–Kier alpha value is -1.62. The molecule has 2 fully saturated rings. The molecular weight excluding hydrogens is 283 g/mol. The van der Waals surface area contributed by atoms with Gasteiger partial charge in [0.05, 0.1) is 6.10 Å². The Labute approximate surface area is 130 Å². The van der Waals surface area contributed by atoms with Crippen molar-refractivity contribution >= 4 is 17.3 Å². The summed E-state index contributed by atoms with van der Waals surface area (Å²) in [6.45, 7) is 2.71. The first-order chi connectivity index (χ1) is 10.7. The molecule has 0 saturated carbocycles. The van der Waals surface area contributed by atoms with Gasteiger partial charge in [-0.05, 0) is 50.3 Å². The molecule has 3 rings (SSSR count). The van der Waals surface area contributed by atoms with Gasteiger partial charge in [0, 0.05) is 37.5 Å². The van der Waals surface area contributed by atoms with Crippen LogP contribution in [0.1, 0.15) is 38.5 Å². The van der Waals surface area contributed by atoms with E-state index >= 15 is 0 Å². The first-order valence-corrected chi connectivity index (χ1v) is 8.18. The molecule has 1 amide bonds. The number of anilines is 2. The van der Waals surface area contributed by atoms with Crippen molar-refractivity contribution in [3.63, 3.8) is 0 Å². The van der Waals surface area contributed by atoms with Crippen molar-refractivity contribution in [2.24, 2.45) is 0 Å². The Balaban J connectivity index is 1.57. The van der Waals surface area contributed by atoms with E-state index in [9.17, 15) is 9.18 Å². The molecule has 1 atom stereocenters. The zero-order chi connectivity index (χ0) is 15.4. The van der Waals surface area contributed by atoms with Gasteiger partial charge in [0.1, 0.15) is 5.82 Å². The second kappa shape index (κ2) is 7.09. The van der Waals surface area contributed by atoms with Gasteiger partial charge in [-0.1, -0.05) is 0 Å². The van der Waals surface area contributed by atoms with E-state index in [2.05, 4.69) is 10.2 Å². The van der Waals surface area contributed by atoms with E-state index in [0.717, 1.165) is 57.5 Å². The van der Waals surface area contributed by atoms with Crippen molar-refractivity contribution in [1.82, 2.24) is 0 Å². The third kappa shape index (κ3) is 3.97. The van der Waals surface area contributed by atoms with Gasteiger partial charge < -0.3 is 15.0 Å². The molecule has 2 heterocycles. The van der Waals surface area contributed by atoms with Crippen LogP contribution in [-0.4, -0.2) is 31.7 Å². The van der Waals surface area contributed by atoms with Gasteiger partial charge in [-0.25, -0.2) is 4.39 Å². The first-order valence-electron chi connectivity index (χ1n) is 8.18. The van der Waals surface area contributed by atoms with Crippen LogP contribution in [0.15, 0.2) is 18.2 Å². The SMILES string of the molecule is O=C(CC[C@H]1CCCO1)Nc1cc(F)cc(N2CCCC2)c1. The zero-order valence-electron chi connectivity index (χ0n) is 12.8. The van der Waals surface area contributed by atoms with Crippen molar-refractivity contribution in [2.45, 2.75) is 44.6 Å². The Morgan fingerprint density at radius 1 is 1.27 bits per heavy atom. The molecule has 0 aromatic heterocycles. The molecule has 0 bridgehead atoms. The summed E-state index contributed by atoms with van der Waals surface area (Å²) in [5.41, 5.74) is 1.39. The van der Waals surface area contributed by atoms with Crippen molar-refractivity contribution in [3.8, 4) is 0 Å². The number of amides is 1. The quantitative estimate of drug-likeness (QED) is 0.907. The van der Waals surface area contributed by atoms with E-state index < -0.39 is 0 Å². The highest BCUT2D eigenvalue weighted by Gasteiger charge is 2.18. The van der Waals surface area contributed by atoms with Crippen LogP contribution in [0.4, 0.5) is 15.8 Å². The van der Waals surface area contributed by atoms with Gasteiger partial charge >= 0.3 is 0 Å². The smallest absolute Gasteiger partial charge is 0.224 e. The van der Waals surface area contributed by atoms with Crippen molar-refractivity contribution < 1.29 is 13.9 Å². The van der Waals surface area contributed by atoms with E-state index in [0.29, 0.717) is 12.1 Å². The molecule has 4 nitrogen and oxygen atoms in total. The Morgan fingerprint density at radius 2 is 2.09 bits per heavy atom. The van der Waals surface area contributed by atoms with E-state index in [1.54, 1.807) is 0 Å². The van der Waals surface area contributed by atoms with Crippen molar-refractivity contribution in [1.29, 1.82) is 0 Å². The monoisotopic (exact) mass is 306 g/mol. The lowest BCUT2D eigenvalue weighted by Crippen LogP contribution is -2.19. The normalized spacial score (nSPS) is 21.3. The second-order valence-corrected chi connectivity index (χ2v) is 6.11.